The summed E-state index contributed by atoms with van der Waals surface area (Å²) in [6.45, 7) is 1.78. The van der Waals surface area contributed by atoms with Crippen LogP contribution in [0.5, 0.6) is 0 Å². The largest absolute Gasteiger partial charge is 0.480 e. The lowest BCUT2D eigenvalue weighted by Crippen LogP contribution is -2.47. The maximum Gasteiger partial charge on any atom is 0.323 e. The Balaban J connectivity index is 3.92. The summed E-state index contributed by atoms with van der Waals surface area (Å²) in [7, 11) is 3.18. The number of hydrogen-bond acceptors (Lipinski definition) is 3. The van der Waals surface area contributed by atoms with Crippen LogP contribution in [0.4, 0.5) is 8.78 Å². The number of nitrogens with zero attached hydrogens (tertiary/aromatic N) is 1. The van der Waals surface area contributed by atoms with Crippen LogP contribution in [0.3, 0.4) is 0 Å². The lowest BCUT2D eigenvalue weighted by molar-refractivity contribution is -0.144. The Kier molecular flexibility index (Phi) is 6.43. The molecule has 0 aromatic rings. The molecule has 0 spiro atoms. The molecule has 0 heterocycles. The molecule has 0 fully saturated rings. The van der Waals surface area contributed by atoms with E-state index in [0.717, 1.165) is 0 Å². The maximum absolute atomic E-state index is 12.0. The molecular formula is C10H20F2N2O2. The summed E-state index contributed by atoms with van der Waals surface area (Å²) in [5.74, 6) is -0.925. The van der Waals surface area contributed by atoms with Crippen LogP contribution >= 0.6 is 0 Å². The molecule has 0 saturated heterocycles. The Morgan fingerprint density at radius 2 is 2.12 bits per heavy atom. The molecule has 16 heavy (non-hydrogen) atoms. The molecular weight excluding hydrogens is 218 g/mol. The van der Waals surface area contributed by atoms with E-state index in [1.807, 2.05) is 0 Å². The van der Waals surface area contributed by atoms with E-state index in [2.05, 4.69) is 5.32 Å². The second-order valence-electron chi connectivity index (χ2n) is 4.14. The first-order valence-electron chi connectivity index (χ1n) is 5.21. The zero-order valence-corrected chi connectivity index (χ0v) is 9.96. The molecule has 96 valence electrons. The molecule has 0 aliphatic rings. The quantitative estimate of drug-likeness (QED) is 0.663. The van der Waals surface area contributed by atoms with Crippen molar-refractivity contribution in [2.24, 2.45) is 0 Å². The molecule has 0 aromatic carbocycles. The van der Waals surface area contributed by atoms with Crippen molar-refractivity contribution in [1.29, 1.82) is 0 Å². The normalized spacial score (nSPS) is 15.4. The lowest BCUT2D eigenvalue weighted by Gasteiger charge is -2.25. The number of likely N-dealkylation sites (N-methyl/N-ethyl adjacent to an activating group) is 1. The van der Waals surface area contributed by atoms with Crippen molar-refractivity contribution >= 4 is 5.97 Å². The first kappa shape index (κ1) is 15.2. The molecule has 1 atom stereocenters. The van der Waals surface area contributed by atoms with E-state index in [4.69, 9.17) is 5.11 Å². The van der Waals surface area contributed by atoms with Crippen molar-refractivity contribution in [3.8, 4) is 0 Å². The second-order valence-corrected chi connectivity index (χ2v) is 4.14. The molecule has 6 heteroatoms. The third-order valence-electron chi connectivity index (χ3n) is 2.69. The maximum atomic E-state index is 12.0. The molecule has 0 radical (unpaired) electrons. The minimum Gasteiger partial charge on any atom is -0.480 e. The van der Waals surface area contributed by atoms with Crippen molar-refractivity contribution in [3.63, 3.8) is 0 Å². The molecule has 0 aliphatic carbocycles. The van der Waals surface area contributed by atoms with Gasteiger partial charge >= 0.3 is 5.97 Å². The van der Waals surface area contributed by atoms with Gasteiger partial charge in [-0.25, -0.2) is 8.78 Å². The van der Waals surface area contributed by atoms with Gasteiger partial charge in [-0.15, -0.1) is 0 Å². The van der Waals surface area contributed by atoms with Crippen LogP contribution in [0.15, 0.2) is 0 Å². The van der Waals surface area contributed by atoms with Crippen molar-refractivity contribution < 1.29 is 18.7 Å². The smallest absolute Gasteiger partial charge is 0.323 e. The minimum atomic E-state index is -2.35. The molecule has 0 aromatic heterocycles. The lowest BCUT2D eigenvalue weighted by atomic mass is 9.96. The van der Waals surface area contributed by atoms with Gasteiger partial charge in [-0.05, 0) is 40.4 Å². The van der Waals surface area contributed by atoms with Crippen LogP contribution in [0, 0.1) is 0 Å². The van der Waals surface area contributed by atoms with Crippen LogP contribution in [-0.2, 0) is 4.79 Å². The van der Waals surface area contributed by atoms with Crippen molar-refractivity contribution in [2.45, 2.75) is 31.7 Å². The van der Waals surface area contributed by atoms with E-state index >= 15 is 0 Å². The number of carboxylic acids is 1. The van der Waals surface area contributed by atoms with E-state index in [9.17, 15) is 13.6 Å². The molecule has 0 bridgehead atoms. The minimum absolute atomic E-state index is 0.274. The summed E-state index contributed by atoms with van der Waals surface area (Å²) >= 11 is 0. The van der Waals surface area contributed by atoms with Gasteiger partial charge in [0, 0.05) is 0 Å². The summed E-state index contributed by atoms with van der Waals surface area (Å²) in [6, 6.07) is 0. The van der Waals surface area contributed by atoms with Gasteiger partial charge in [0.15, 0.2) is 0 Å². The van der Waals surface area contributed by atoms with Gasteiger partial charge in [-0.2, -0.15) is 0 Å². The van der Waals surface area contributed by atoms with Crippen LogP contribution < -0.4 is 5.32 Å². The zero-order chi connectivity index (χ0) is 12.8. The van der Waals surface area contributed by atoms with Gasteiger partial charge in [0.2, 0.25) is 0 Å². The number of halogens is 2. The summed E-state index contributed by atoms with van der Waals surface area (Å²) in [6.07, 6.45) is -1.38. The van der Waals surface area contributed by atoms with Crippen molar-refractivity contribution in [1.82, 2.24) is 10.2 Å². The number of aliphatic carboxylic acids is 1. The highest BCUT2D eigenvalue weighted by Crippen LogP contribution is 2.12. The van der Waals surface area contributed by atoms with E-state index in [1.165, 1.54) is 4.90 Å². The Labute approximate surface area is 94.6 Å². The number of carboxylic acid groups (broad SMARTS) is 1. The van der Waals surface area contributed by atoms with E-state index < -0.39 is 17.9 Å². The van der Waals surface area contributed by atoms with Crippen molar-refractivity contribution in [3.05, 3.63) is 0 Å². The van der Waals surface area contributed by atoms with Gasteiger partial charge in [0.05, 0.1) is 6.54 Å². The number of carbonyl (C=O) groups is 1. The monoisotopic (exact) mass is 238 g/mol. The molecule has 0 rings (SSSR count). The van der Waals surface area contributed by atoms with Gasteiger partial charge in [-0.3, -0.25) is 4.79 Å². The summed E-state index contributed by atoms with van der Waals surface area (Å²) in [4.78, 5) is 12.4. The molecule has 0 saturated carbocycles. The summed E-state index contributed by atoms with van der Waals surface area (Å²) in [5, 5.41) is 11.7. The van der Waals surface area contributed by atoms with Crippen molar-refractivity contribution in [2.75, 3.05) is 27.2 Å². The number of hydrogen-bond donors (Lipinski definition) is 2. The van der Waals surface area contributed by atoms with Gasteiger partial charge in [0.25, 0.3) is 6.43 Å². The van der Waals surface area contributed by atoms with E-state index in [0.29, 0.717) is 19.4 Å². The fourth-order valence-corrected chi connectivity index (χ4v) is 1.37. The van der Waals surface area contributed by atoms with Gasteiger partial charge in [-0.1, -0.05) is 0 Å². The van der Waals surface area contributed by atoms with Crippen LogP contribution in [0.2, 0.25) is 0 Å². The Morgan fingerprint density at radius 1 is 1.56 bits per heavy atom. The Morgan fingerprint density at radius 3 is 2.50 bits per heavy atom. The third-order valence-corrected chi connectivity index (χ3v) is 2.69. The SMILES string of the molecule is CNC(C)(CCCN(C)CC(F)F)C(=O)O. The number of nitrogens with one attached hydrogen (secondary N) is 1. The van der Waals surface area contributed by atoms with Crippen LogP contribution in [0.25, 0.3) is 0 Å². The Hall–Kier alpha value is -0.750. The third kappa shape index (κ3) is 5.37. The van der Waals surface area contributed by atoms with Gasteiger partial charge < -0.3 is 15.3 Å². The molecule has 1 unspecified atom stereocenters. The Bertz CT molecular complexity index is 227. The predicted octanol–water partition coefficient (Wildman–Crippen LogP) is 1.03. The molecule has 0 amide bonds. The predicted molar refractivity (Wildman–Crippen MR) is 57.8 cm³/mol. The second kappa shape index (κ2) is 6.75. The fraction of sp³-hybridized carbons (Fsp3) is 0.900. The molecule has 4 nitrogen and oxygen atoms in total. The molecule has 0 aliphatic heterocycles. The number of rotatable bonds is 8. The first-order chi connectivity index (χ1) is 7.31. The number of alkyl halides is 2. The average molecular weight is 238 g/mol. The highest BCUT2D eigenvalue weighted by atomic mass is 19.3. The summed E-state index contributed by atoms with van der Waals surface area (Å²) in [5.41, 5.74) is -0.980. The van der Waals surface area contributed by atoms with Crippen LogP contribution in [0.1, 0.15) is 19.8 Å². The summed E-state index contributed by atoms with van der Waals surface area (Å²) < 4.78 is 24.0. The van der Waals surface area contributed by atoms with E-state index in [-0.39, 0.29) is 6.54 Å². The topological polar surface area (TPSA) is 52.6 Å². The first-order valence-corrected chi connectivity index (χ1v) is 5.21. The van der Waals surface area contributed by atoms with Gasteiger partial charge in [0.1, 0.15) is 5.54 Å². The standard InChI is InChI=1S/C10H20F2N2O2/c1-10(13-2,9(15)16)5-4-6-14(3)7-8(11)12/h8,13H,4-7H2,1-3H3,(H,15,16). The molecule has 2 N–H and O–H groups in total. The van der Waals surface area contributed by atoms with E-state index in [1.54, 1.807) is 21.0 Å². The fourth-order valence-electron chi connectivity index (χ4n) is 1.37. The van der Waals surface area contributed by atoms with Crippen LogP contribution in [-0.4, -0.2) is 55.1 Å². The highest BCUT2D eigenvalue weighted by Gasteiger charge is 2.30. The average Bonchev–Trinajstić information content (AvgIpc) is 2.15. The highest BCUT2D eigenvalue weighted by molar-refractivity contribution is 5.78. The zero-order valence-electron chi connectivity index (χ0n) is 9.96.